The third kappa shape index (κ3) is 8.02. The molecule has 118 valence electrons. The fraction of sp³-hybridized carbons (Fsp3) is 0.867. The zero-order chi connectivity index (χ0) is 15.6. The topological polar surface area (TPSA) is 65.5 Å². The maximum absolute atomic E-state index is 11.7. The summed E-state index contributed by atoms with van der Waals surface area (Å²) in [5.74, 6) is 1.54. The molecular formula is C15H32N4O. The average Bonchev–Trinajstić information content (AvgIpc) is 2.40. The molecule has 5 nitrogen and oxygen atoms in total. The van der Waals surface area contributed by atoms with Gasteiger partial charge in [0.05, 0.1) is 0 Å². The van der Waals surface area contributed by atoms with Gasteiger partial charge in [0.15, 0.2) is 5.96 Å². The van der Waals surface area contributed by atoms with Crippen molar-refractivity contribution in [1.82, 2.24) is 16.0 Å². The molecule has 0 fully saturated rings. The Bertz CT molecular complexity index is 303. The minimum Gasteiger partial charge on any atom is -0.356 e. The number of nitrogens with one attached hydrogen (secondary N) is 3. The largest absolute Gasteiger partial charge is 0.356 e. The molecular weight excluding hydrogens is 252 g/mol. The van der Waals surface area contributed by atoms with E-state index < -0.39 is 0 Å². The van der Waals surface area contributed by atoms with E-state index in [2.05, 4.69) is 34.8 Å². The maximum Gasteiger partial charge on any atom is 0.225 e. The second-order valence-corrected chi connectivity index (χ2v) is 6.07. The van der Waals surface area contributed by atoms with E-state index >= 15 is 0 Å². The van der Waals surface area contributed by atoms with Crippen molar-refractivity contribution < 1.29 is 4.79 Å². The molecule has 0 bridgehead atoms. The summed E-state index contributed by atoms with van der Waals surface area (Å²) in [7, 11) is 1.76. The molecule has 0 aromatic heterocycles. The summed E-state index contributed by atoms with van der Waals surface area (Å²) in [5.41, 5.74) is -0.338. The number of carbonyl (C=O) groups excluding carboxylic acids is 1. The van der Waals surface area contributed by atoms with Gasteiger partial charge in [-0.05, 0) is 5.92 Å². The van der Waals surface area contributed by atoms with E-state index in [1.165, 1.54) is 12.8 Å². The van der Waals surface area contributed by atoms with Crippen LogP contribution in [0.5, 0.6) is 0 Å². The zero-order valence-electron chi connectivity index (χ0n) is 14.0. The molecule has 20 heavy (non-hydrogen) atoms. The molecule has 0 aliphatic heterocycles. The van der Waals surface area contributed by atoms with Crippen molar-refractivity contribution in [3.8, 4) is 0 Å². The van der Waals surface area contributed by atoms with Crippen molar-refractivity contribution in [3.05, 3.63) is 0 Å². The van der Waals surface area contributed by atoms with E-state index in [1.54, 1.807) is 7.05 Å². The van der Waals surface area contributed by atoms with Crippen LogP contribution in [0.2, 0.25) is 0 Å². The third-order valence-electron chi connectivity index (χ3n) is 3.32. The van der Waals surface area contributed by atoms with Crippen molar-refractivity contribution in [1.29, 1.82) is 0 Å². The fourth-order valence-corrected chi connectivity index (χ4v) is 1.66. The first kappa shape index (κ1) is 18.7. The molecule has 0 atom stereocenters. The SMILES string of the molecule is CCC(CC)CNC(=NC)NCCNC(=O)C(C)(C)C. The van der Waals surface area contributed by atoms with E-state index in [0.717, 1.165) is 12.5 Å². The minimum atomic E-state index is -0.338. The molecule has 0 aliphatic rings. The highest BCUT2D eigenvalue weighted by atomic mass is 16.2. The summed E-state index contributed by atoms with van der Waals surface area (Å²) in [6.07, 6.45) is 2.34. The predicted molar refractivity (Wildman–Crippen MR) is 85.9 cm³/mol. The first-order valence-corrected chi connectivity index (χ1v) is 7.57. The maximum atomic E-state index is 11.7. The van der Waals surface area contributed by atoms with Gasteiger partial charge in [0.25, 0.3) is 0 Å². The Kier molecular flexibility index (Phi) is 9.01. The predicted octanol–water partition coefficient (Wildman–Crippen LogP) is 1.75. The Morgan fingerprint density at radius 1 is 1.05 bits per heavy atom. The van der Waals surface area contributed by atoms with Crippen LogP contribution in [0.1, 0.15) is 47.5 Å². The van der Waals surface area contributed by atoms with Crippen LogP contribution < -0.4 is 16.0 Å². The number of amides is 1. The fourth-order valence-electron chi connectivity index (χ4n) is 1.66. The van der Waals surface area contributed by atoms with E-state index in [9.17, 15) is 4.79 Å². The van der Waals surface area contributed by atoms with Crippen LogP contribution in [0.4, 0.5) is 0 Å². The van der Waals surface area contributed by atoms with Crippen molar-refractivity contribution in [2.24, 2.45) is 16.3 Å². The molecule has 0 saturated heterocycles. The summed E-state index contributed by atoms with van der Waals surface area (Å²) in [4.78, 5) is 15.9. The highest BCUT2D eigenvalue weighted by molar-refractivity contribution is 5.81. The number of hydrogen-bond donors (Lipinski definition) is 3. The highest BCUT2D eigenvalue weighted by Gasteiger charge is 2.20. The van der Waals surface area contributed by atoms with E-state index in [0.29, 0.717) is 19.0 Å². The lowest BCUT2D eigenvalue weighted by Gasteiger charge is -2.19. The number of carbonyl (C=O) groups is 1. The Morgan fingerprint density at radius 3 is 2.05 bits per heavy atom. The molecule has 3 N–H and O–H groups in total. The van der Waals surface area contributed by atoms with Crippen molar-refractivity contribution in [2.45, 2.75) is 47.5 Å². The Balaban J connectivity index is 3.90. The van der Waals surface area contributed by atoms with Crippen LogP contribution in [-0.2, 0) is 4.79 Å². The molecule has 0 saturated carbocycles. The Morgan fingerprint density at radius 2 is 1.60 bits per heavy atom. The standard InChI is InChI=1S/C15H32N4O/c1-7-12(8-2)11-19-14(16-6)18-10-9-17-13(20)15(3,4)5/h12H,7-11H2,1-6H3,(H,17,20)(H2,16,18,19). The molecule has 1 amide bonds. The zero-order valence-corrected chi connectivity index (χ0v) is 14.0. The van der Waals surface area contributed by atoms with Gasteiger partial charge in [-0.2, -0.15) is 0 Å². The molecule has 0 rings (SSSR count). The van der Waals surface area contributed by atoms with Crippen molar-refractivity contribution in [2.75, 3.05) is 26.7 Å². The summed E-state index contributed by atoms with van der Waals surface area (Å²) in [6, 6.07) is 0. The minimum absolute atomic E-state index is 0.0688. The third-order valence-corrected chi connectivity index (χ3v) is 3.32. The number of hydrogen-bond acceptors (Lipinski definition) is 2. The second kappa shape index (κ2) is 9.61. The average molecular weight is 284 g/mol. The number of rotatable bonds is 7. The van der Waals surface area contributed by atoms with Crippen LogP contribution in [0.25, 0.3) is 0 Å². The molecule has 0 unspecified atom stereocenters. The molecule has 5 heteroatoms. The summed E-state index contributed by atoms with van der Waals surface area (Å²) in [6.45, 7) is 12.3. The van der Waals surface area contributed by atoms with Crippen molar-refractivity contribution >= 4 is 11.9 Å². The number of aliphatic imine (C=N–C) groups is 1. The molecule has 0 aromatic rings. The Hall–Kier alpha value is -1.26. The lowest BCUT2D eigenvalue weighted by Crippen LogP contribution is -2.44. The van der Waals surface area contributed by atoms with Crippen LogP contribution in [0.3, 0.4) is 0 Å². The number of nitrogens with zero attached hydrogens (tertiary/aromatic N) is 1. The highest BCUT2D eigenvalue weighted by Crippen LogP contribution is 2.11. The van der Waals surface area contributed by atoms with E-state index in [1.807, 2.05) is 20.8 Å². The summed E-state index contributed by atoms with van der Waals surface area (Å²) < 4.78 is 0. The van der Waals surface area contributed by atoms with Gasteiger partial charge < -0.3 is 16.0 Å². The van der Waals surface area contributed by atoms with Gasteiger partial charge >= 0.3 is 0 Å². The van der Waals surface area contributed by atoms with Crippen LogP contribution in [-0.4, -0.2) is 38.5 Å². The van der Waals surface area contributed by atoms with Crippen molar-refractivity contribution in [3.63, 3.8) is 0 Å². The van der Waals surface area contributed by atoms with Gasteiger partial charge in [0, 0.05) is 32.1 Å². The smallest absolute Gasteiger partial charge is 0.225 e. The molecule has 0 spiro atoms. The van der Waals surface area contributed by atoms with Gasteiger partial charge in [-0.3, -0.25) is 9.79 Å². The van der Waals surface area contributed by atoms with Crippen LogP contribution in [0.15, 0.2) is 4.99 Å². The van der Waals surface area contributed by atoms with Crippen LogP contribution >= 0.6 is 0 Å². The molecule has 0 aliphatic carbocycles. The molecule has 0 radical (unpaired) electrons. The summed E-state index contributed by atoms with van der Waals surface area (Å²) in [5, 5.41) is 9.42. The Labute approximate surface area is 124 Å². The first-order chi connectivity index (χ1) is 9.35. The lowest BCUT2D eigenvalue weighted by molar-refractivity contribution is -0.128. The normalized spacial score (nSPS) is 12.4. The van der Waals surface area contributed by atoms with Gasteiger partial charge in [0.2, 0.25) is 5.91 Å². The van der Waals surface area contributed by atoms with E-state index in [-0.39, 0.29) is 11.3 Å². The van der Waals surface area contributed by atoms with E-state index in [4.69, 9.17) is 0 Å². The van der Waals surface area contributed by atoms with Gasteiger partial charge in [-0.1, -0.05) is 47.5 Å². The van der Waals surface area contributed by atoms with Gasteiger partial charge in [-0.15, -0.1) is 0 Å². The summed E-state index contributed by atoms with van der Waals surface area (Å²) >= 11 is 0. The first-order valence-electron chi connectivity index (χ1n) is 7.57. The van der Waals surface area contributed by atoms with Gasteiger partial charge in [-0.25, -0.2) is 0 Å². The van der Waals surface area contributed by atoms with Crippen LogP contribution in [0, 0.1) is 11.3 Å². The molecule has 0 heterocycles. The number of guanidine groups is 1. The quantitative estimate of drug-likeness (QED) is 0.379. The van der Waals surface area contributed by atoms with Gasteiger partial charge in [0.1, 0.15) is 0 Å². The lowest BCUT2D eigenvalue weighted by atomic mass is 9.96. The second-order valence-electron chi connectivity index (χ2n) is 6.07. The molecule has 0 aromatic carbocycles. The monoisotopic (exact) mass is 284 g/mol.